The molecule has 2 saturated heterocycles. The predicted octanol–water partition coefficient (Wildman–Crippen LogP) is 4.16. The van der Waals surface area contributed by atoms with Gasteiger partial charge in [-0.1, -0.05) is 6.92 Å². The minimum absolute atomic E-state index is 0.00225. The van der Waals surface area contributed by atoms with Gasteiger partial charge in [0.25, 0.3) is 0 Å². The van der Waals surface area contributed by atoms with Crippen molar-refractivity contribution in [3.05, 3.63) is 40.3 Å². The van der Waals surface area contributed by atoms with E-state index in [9.17, 15) is 4.79 Å². The number of nitrogens with one attached hydrogen (secondary N) is 1. The summed E-state index contributed by atoms with van der Waals surface area (Å²) in [7, 11) is 0. The summed E-state index contributed by atoms with van der Waals surface area (Å²) in [5, 5.41) is 6.14. The molecule has 0 bridgehead atoms. The highest BCUT2D eigenvalue weighted by Crippen LogP contribution is 2.24. The van der Waals surface area contributed by atoms with Gasteiger partial charge in [-0.25, -0.2) is 4.98 Å². The summed E-state index contributed by atoms with van der Waals surface area (Å²) in [5.74, 6) is 0.828. The highest BCUT2D eigenvalue weighted by molar-refractivity contribution is 7.09. The molecule has 0 aliphatic carbocycles. The Labute approximate surface area is 171 Å². The molecule has 1 N–H and O–H groups in total. The minimum atomic E-state index is -0.00225. The van der Waals surface area contributed by atoms with E-state index in [1.54, 1.807) is 11.3 Å². The molecule has 28 heavy (non-hydrogen) atoms. The maximum atomic E-state index is 12.4. The molecule has 150 valence electrons. The number of amides is 1. The quantitative estimate of drug-likeness (QED) is 0.794. The third-order valence-corrected chi connectivity index (χ3v) is 6.68. The maximum absolute atomic E-state index is 12.4. The second-order valence-corrected chi connectivity index (χ2v) is 9.10. The van der Waals surface area contributed by atoms with Crippen LogP contribution in [0.3, 0.4) is 0 Å². The molecule has 2 fully saturated rings. The lowest BCUT2D eigenvalue weighted by Gasteiger charge is -2.32. The first-order valence-electron chi connectivity index (χ1n) is 10.5. The predicted molar refractivity (Wildman–Crippen MR) is 116 cm³/mol. The molecule has 2 aromatic rings. The van der Waals surface area contributed by atoms with Gasteiger partial charge in [0.1, 0.15) is 5.01 Å². The molecule has 4 rings (SSSR count). The summed E-state index contributed by atoms with van der Waals surface area (Å²) in [5.41, 5.74) is 2.97. The van der Waals surface area contributed by atoms with E-state index in [2.05, 4.69) is 39.2 Å². The Kier molecular flexibility index (Phi) is 6.27. The van der Waals surface area contributed by atoms with Crippen LogP contribution in [0, 0.1) is 5.92 Å². The zero-order chi connectivity index (χ0) is 19.3. The van der Waals surface area contributed by atoms with Gasteiger partial charge in [0.15, 0.2) is 0 Å². The number of rotatable bonds is 6. The number of nitrogens with zero attached hydrogens (tertiary/aromatic N) is 3. The van der Waals surface area contributed by atoms with Gasteiger partial charge in [0.2, 0.25) is 5.91 Å². The average molecular weight is 399 g/mol. The number of carbonyl (C=O) groups excluding carboxylic acids is 1. The fourth-order valence-corrected chi connectivity index (χ4v) is 4.86. The molecule has 1 amide bonds. The Balaban J connectivity index is 1.27. The van der Waals surface area contributed by atoms with Crippen molar-refractivity contribution in [3.63, 3.8) is 0 Å². The minimum Gasteiger partial charge on any atom is -0.372 e. The van der Waals surface area contributed by atoms with Crippen molar-refractivity contribution in [1.29, 1.82) is 0 Å². The Morgan fingerprint density at radius 3 is 2.57 bits per heavy atom. The zero-order valence-corrected chi connectivity index (χ0v) is 17.5. The van der Waals surface area contributed by atoms with E-state index < -0.39 is 0 Å². The van der Waals surface area contributed by atoms with Gasteiger partial charge in [-0.2, -0.15) is 0 Å². The lowest BCUT2D eigenvalue weighted by molar-refractivity contribution is -0.115. The summed E-state index contributed by atoms with van der Waals surface area (Å²) in [6, 6.07) is 8.24. The Hall–Kier alpha value is -1.92. The molecule has 1 aromatic heterocycles. The van der Waals surface area contributed by atoms with Crippen molar-refractivity contribution in [2.75, 3.05) is 36.4 Å². The molecule has 1 aromatic carbocycles. The second kappa shape index (κ2) is 9.05. The fraction of sp³-hybridized carbons (Fsp3) is 0.545. The van der Waals surface area contributed by atoms with Crippen molar-refractivity contribution in [2.24, 2.45) is 5.92 Å². The van der Waals surface area contributed by atoms with Crippen molar-refractivity contribution < 1.29 is 4.79 Å². The van der Waals surface area contributed by atoms with Crippen LogP contribution >= 0.6 is 11.3 Å². The SMILES string of the molecule is CC1CCN(c2ccc(NC(=O)Cc3csc(CN4CCCC4)n3)cc2)CC1. The van der Waals surface area contributed by atoms with Crippen LogP contribution in [-0.4, -0.2) is 42.0 Å². The van der Waals surface area contributed by atoms with Crippen molar-refractivity contribution >= 4 is 28.6 Å². The van der Waals surface area contributed by atoms with E-state index in [-0.39, 0.29) is 5.91 Å². The standard InChI is InChI=1S/C22H30N4OS/c1-17-8-12-26(13-9-17)20-6-4-18(5-7-20)23-21(27)14-19-16-28-22(24-19)15-25-10-2-3-11-25/h4-7,16-17H,2-3,8-15H2,1H3,(H,23,27). The van der Waals surface area contributed by atoms with E-state index in [1.807, 2.05) is 17.5 Å². The summed E-state index contributed by atoms with van der Waals surface area (Å²) in [6.07, 6.45) is 5.42. The molecule has 3 heterocycles. The number of thiazole rings is 1. The van der Waals surface area contributed by atoms with E-state index >= 15 is 0 Å². The van der Waals surface area contributed by atoms with Gasteiger partial charge in [-0.3, -0.25) is 9.69 Å². The van der Waals surface area contributed by atoms with Crippen LogP contribution in [0.25, 0.3) is 0 Å². The largest absolute Gasteiger partial charge is 0.372 e. The first kappa shape index (κ1) is 19.4. The van der Waals surface area contributed by atoms with Crippen molar-refractivity contribution in [3.8, 4) is 0 Å². The zero-order valence-electron chi connectivity index (χ0n) is 16.7. The number of benzene rings is 1. The fourth-order valence-electron chi connectivity index (χ4n) is 4.03. The molecule has 0 unspecified atom stereocenters. The van der Waals surface area contributed by atoms with E-state index in [1.165, 1.54) is 44.5 Å². The molecule has 0 atom stereocenters. The maximum Gasteiger partial charge on any atom is 0.230 e. The molecule has 6 heteroatoms. The number of carbonyl (C=O) groups is 1. The van der Waals surface area contributed by atoms with Gasteiger partial charge in [0, 0.05) is 29.8 Å². The molecule has 0 radical (unpaired) electrons. The van der Waals surface area contributed by atoms with Crippen LogP contribution in [0.5, 0.6) is 0 Å². The van der Waals surface area contributed by atoms with Gasteiger partial charge < -0.3 is 10.2 Å². The van der Waals surface area contributed by atoms with Crippen LogP contribution in [0.1, 0.15) is 43.3 Å². The number of hydrogen-bond acceptors (Lipinski definition) is 5. The van der Waals surface area contributed by atoms with Gasteiger partial charge in [0.05, 0.1) is 18.7 Å². The molecule has 5 nitrogen and oxygen atoms in total. The molecule has 2 aliphatic rings. The smallest absolute Gasteiger partial charge is 0.230 e. The number of hydrogen-bond donors (Lipinski definition) is 1. The monoisotopic (exact) mass is 398 g/mol. The Morgan fingerprint density at radius 1 is 1.14 bits per heavy atom. The van der Waals surface area contributed by atoms with Gasteiger partial charge >= 0.3 is 0 Å². The third-order valence-electron chi connectivity index (χ3n) is 5.80. The summed E-state index contributed by atoms with van der Waals surface area (Å²) >= 11 is 1.66. The second-order valence-electron chi connectivity index (χ2n) is 8.16. The molecule has 2 aliphatic heterocycles. The summed E-state index contributed by atoms with van der Waals surface area (Å²) in [6.45, 7) is 7.83. The highest BCUT2D eigenvalue weighted by Gasteiger charge is 2.17. The average Bonchev–Trinajstić information content (AvgIpc) is 3.36. The summed E-state index contributed by atoms with van der Waals surface area (Å²) in [4.78, 5) is 21.9. The number of piperidine rings is 1. The molecule has 0 spiro atoms. The van der Waals surface area contributed by atoms with Gasteiger partial charge in [-0.05, 0) is 69.0 Å². The Morgan fingerprint density at radius 2 is 1.86 bits per heavy atom. The van der Waals surface area contributed by atoms with Crippen LogP contribution < -0.4 is 10.2 Å². The number of likely N-dealkylation sites (tertiary alicyclic amines) is 1. The van der Waals surface area contributed by atoms with Crippen molar-refractivity contribution in [2.45, 2.75) is 45.6 Å². The molecular weight excluding hydrogens is 368 g/mol. The lowest BCUT2D eigenvalue weighted by Crippen LogP contribution is -2.32. The van der Waals surface area contributed by atoms with Crippen LogP contribution in [0.15, 0.2) is 29.6 Å². The number of anilines is 2. The first-order valence-corrected chi connectivity index (χ1v) is 11.3. The van der Waals surface area contributed by atoms with E-state index in [4.69, 9.17) is 0 Å². The van der Waals surface area contributed by atoms with Crippen LogP contribution in [-0.2, 0) is 17.8 Å². The van der Waals surface area contributed by atoms with E-state index in [0.717, 1.165) is 41.9 Å². The van der Waals surface area contributed by atoms with E-state index in [0.29, 0.717) is 6.42 Å². The van der Waals surface area contributed by atoms with Gasteiger partial charge in [-0.15, -0.1) is 11.3 Å². The highest BCUT2D eigenvalue weighted by atomic mass is 32.1. The third kappa shape index (κ3) is 5.11. The lowest BCUT2D eigenvalue weighted by atomic mass is 9.99. The Bertz CT molecular complexity index is 774. The van der Waals surface area contributed by atoms with Crippen molar-refractivity contribution in [1.82, 2.24) is 9.88 Å². The normalized spacial score (nSPS) is 18.5. The number of aromatic nitrogens is 1. The summed E-state index contributed by atoms with van der Waals surface area (Å²) < 4.78 is 0. The topological polar surface area (TPSA) is 48.5 Å². The molecule has 0 saturated carbocycles. The van der Waals surface area contributed by atoms with Crippen LogP contribution in [0.4, 0.5) is 11.4 Å². The van der Waals surface area contributed by atoms with Crippen LogP contribution in [0.2, 0.25) is 0 Å². The first-order chi connectivity index (χ1) is 13.7. The molecular formula is C22H30N4OS.